The Kier molecular flexibility index (Phi) is 11.7. The summed E-state index contributed by atoms with van der Waals surface area (Å²) in [7, 11) is 3.01. The highest BCUT2D eigenvalue weighted by Crippen LogP contribution is 2.29. The average molecular weight is 533 g/mol. The number of amides is 2. The monoisotopic (exact) mass is 532 g/mol. The van der Waals surface area contributed by atoms with E-state index >= 15 is 0 Å². The minimum atomic E-state index is -1.05. The van der Waals surface area contributed by atoms with Crippen LogP contribution in [0.2, 0.25) is 0 Å². The summed E-state index contributed by atoms with van der Waals surface area (Å²) in [5.41, 5.74) is 2.31. The topological polar surface area (TPSA) is 112 Å². The Bertz CT molecular complexity index is 1250. The number of carbonyl (C=O) groups is 3. The molecule has 0 aliphatic heterocycles. The Morgan fingerprint density at radius 1 is 0.795 bits per heavy atom. The van der Waals surface area contributed by atoms with E-state index in [2.05, 4.69) is 10.6 Å². The second kappa shape index (κ2) is 15.7. The number of Topliss-reactive ketones (excluding diaryl/α,β-unsaturated/α-hetero) is 1. The number of methoxy groups -OCH3 is 2. The molecule has 3 aromatic rings. The summed E-state index contributed by atoms with van der Waals surface area (Å²) < 4.78 is 20.9. The summed E-state index contributed by atoms with van der Waals surface area (Å²) in [5, 5.41) is 5.31. The Hall–Kier alpha value is -4.47. The second-order valence-corrected chi connectivity index (χ2v) is 8.42. The van der Waals surface area contributed by atoms with Crippen LogP contribution in [0.15, 0.2) is 84.9 Å². The number of ketones is 1. The fourth-order valence-electron chi connectivity index (χ4n) is 3.58. The molecule has 9 heteroatoms. The minimum absolute atomic E-state index is 0.00656. The molecule has 39 heavy (non-hydrogen) atoms. The minimum Gasteiger partial charge on any atom is -0.464 e. The van der Waals surface area contributed by atoms with Crippen molar-refractivity contribution in [2.24, 2.45) is 0 Å². The fraction of sp³-hybridized carbons (Fsp3) is 0.233. The third kappa shape index (κ3) is 9.73. The van der Waals surface area contributed by atoms with E-state index in [4.69, 9.17) is 18.9 Å². The predicted octanol–water partition coefficient (Wildman–Crippen LogP) is 3.28. The number of rotatable bonds is 15. The van der Waals surface area contributed by atoms with E-state index in [0.717, 1.165) is 11.1 Å². The molecule has 3 aromatic carbocycles. The van der Waals surface area contributed by atoms with Crippen molar-refractivity contribution in [3.8, 4) is 11.5 Å². The average Bonchev–Trinajstić information content (AvgIpc) is 2.97. The number of carbonyl (C=O) groups excluding carboxylic acids is 3. The van der Waals surface area contributed by atoms with Gasteiger partial charge >= 0.3 is 0 Å². The zero-order chi connectivity index (χ0) is 27.9. The third-order valence-electron chi connectivity index (χ3n) is 5.49. The molecule has 0 aliphatic carbocycles. The van der Waals surface area contributed by atoms with Crippen LogP contribution in [0, 0.1) is 0 Å². The van der Waals surface area contributed by atoms with Crippen LogP contribution in [0.4, 0.5) is 0 Å². The quantitative estimate of drug-likeness (QED) is 0.176. The van der Waals surface area contributed by atoms with Gasteiger partial charge in [0.25, 0.3) is 5.91 Å². The van der Waals surface area contributed by atoms with Gasteiger partial charge < -0.3 is 29.6 Å². The maximum Gasteiger partial charge on any atom is 0.289 e. The van der Waals surface area contributed by atoms with Crippen molar-refractivity contribution < 1.29 is 33.3 Å². The Labute approximate surface area is 227 Å². The van der Waals surface area contributed by atoms with Crippen molar-refractivity contribution in [1.29, 1.82) is 0 Å². The first kappa shape index (κ1) is 29.1. The van der Waals surface area contributed by atoms with Crippen LogP contribution in [-0.4, -0.2) is 51.4 Å². The standard InChI is InChI=1S/C30H32N2O7/c1-36-20-38-26-15-13-23(18-27(26)39-21-37-2)14-16-28(33)32-25(17-22-9-5-3-6-10-22)29(34)30(35)31-19-24-11-7-4-8-12-24/h3-16,18,25H,17,19-21H2,1-2H3,(H,31,35)(H,32,33)/b16-14+/t25-/m0/s1. The smallest absolute Gasteiger partial charge is 0.289 e. The number of hydrogen-bond acceptors (Lipinski definition) is 7. The van der Waals surface area contributed by atoms with E-state index in [1.54, 1.807) is 24.3 Å². The molecule has 2 amide bonds. The van der Waals surface area contributed by atoms with Crippen molar-refractivity contribution in [1.82, 2.24) is 10.6 Å². The highest BCUT2D eigenvalue weighted by Gasteiger charge is 2.26. The van der Waals surface area contributed by atoms with Gasteiger partial charge in [0, 0.05) is 33.3 Å². The maximum absolute atomic E-state index is 13.0. The van der Waals surface area contributed by atoms with Gasteiger partial charge in [0.05, 0.1) is 0 Å². The molecule has 0 aromatic heterocycles. The highest BCUT2D eigenvalue weighted by atomic mass is 16.7. The van der Waals surface area contributed by atoms with Gasteiger partial charge in [0.1, 0.15) is 6.04 Å². The SMILES string of the molecule is COCOc1ccc(/C=C/C(=O)N[C@@H](Cc2ccccc2)C(=O)C(=O)NCc2ccccc2)cc1OCOC. The van der Waals surface area contributed by atoms with E-state index in [1.165, 1.54) is 20.3 Å². The van der Waals surface area contributed by atoms with Crippen LogP contribution in [0.5, 0.6) is 11.5 Å². The lowest BCUT2D eigenvalue weighted by Gasteiger charge is -2.17. The van der Waals surface area contributed by atoms with Gasteiger partial charge in [0.15, 0.2) is 25.1 Å². The van der Waals surface area contributed by atoms with Crippen molar-refractivity contribution in [3.63, 3.8) is 0 Å². The molecule has 0 fully saturated rings. The molecule has 0 unspecified atom stereocenters. The molecule has 3 rings (SSSR count). The molecule has 1 atom stereocenters. The van der Waals surface area contributed by atoms with Gasteiger partial charge in [-0.1, -0.05) is 66.7 Å². The fourth-order valence-corrected chi connectivity index (χ4v) is 3.58. The Balaban J connectivity index is 1.70. The summed E-state index contributed by atoms with van der Waals surface area (Å²) in [5.74, 6) is -1.17. The normalized spacial score (nSPS) is 11.5. The van der Waals surface area contributed by atoms with E-state index < -0.39 is 23.6 Å². The van der Waals surface area contributed by atoms with Crippen molar-refractivity contribution in [2.45, 2.75) is 19.0 Å². The molecule has 0 saturated heterocycles. The van der Waals surface area contributed by atoms with Gasteiger partial charge in [-0.2, -0.15) is 0 Å². The molecule has 0 saturated carbocycles. The van der Waals surface area contributed by atoms with Gasteiger partial charge in [-0.25, -0.2) is 0 Å². The van der Waals surface area contributed by atoms with Crippen LogP contribution >= 0.6 is 0 Å². The Morgan fingerprint density at radius 3 is 2.05 bits per heavy atom. The van der Waals surface area contributed by atoms with Crippen LogP contribution in [-0.2, 0) is 36.8 Å². The number of ether oxygens (including phenoxy) is 4. The third-order valence-corrected chi connectivity index (χ3v) is 5.49. The zero-order valence-electron chi connectivity index (χ0n) is 21.9. The molecular weight excluding hydrogens is 500 g/mol. The lowest BCUT2D eigenvalue weighted by molar-refractivity contribution is -0.139. The summed E-state index contributed by atoms with van der Waals surface area (Å²) in [6.45, 7) is 0.248. The Morgan fingerprint density at radius 2 is 1.41 bits per heavy atom. The lowest BCUT2D eigenvalue weighted by Crippen LogP contribution is -2.48. The molecule has 2 N–H and O–H groups in total. The lowest BCUT2D eigenvalue weighted by atomic mass is 10.0. The number of nitrogens with one attached hydrogen (secondary N) is 2. The largest absolute Gasteiger partial charge is 0.464 e. The first-order chi connectivity index (χ1) is 19.0. The van der Waals surface area contributed by atoms with Crippen LogP contribution in [0.1, 0.15) is 16.7 Å². The van der Waals surface area contributed by atoms with Crippen molar-refractivity contribution in [2.75, 3.05) is 27.8 Å². The molecule has 9 nitrogen and oxygen atoms in total. The molecule has 204 valence electrons. The second-order valence-electron chi connectivity index (χ2n) is 8.42. The van der Waals surface area contributed by atoms with E-state index in [9.17, 15) is 14.4 Å². The molecule has 0 heterocycles. The molecule has 0 spiro atoms. The van der Waals surface area contributed by atoms with Crippen LogP contribution in [0.3, 0.4) is 0 Å². The zero-order valence-corrected chi connectivity index (χ0v) is 21.9. The molecular formula is C30H32N2O7. The molecule has 0 radical (unpaired) electrons. The summed E-state index contributed by atoms with van der Waals surface area (Å²) in [6, 6.07) is 22.5. The maximum atomic E-state index is 13.0. The van der Waals surface area contributed by atoms with Gasteiger partial charge in [-0.05, 0) is 34.9 Å². The first-order valence-electron chi connectivity index (χ1n) is 12.3. The van der Waals surface area contributed by atoms with E-state index in [-0.39, 0.29) is 26.6 Å². The number of hydrogen-bond donors (Lipinski definition) is 2. The predicted molar refractivity (Wildman–Crippen MR) is 146 cm³/mol. The van der Waals surface area contributed by atoms with Gasteiger partial charge in [0.2, 0.25) is 11.7 Å². The van der Waals surface area contributed by atoms with Gasteiger partial charge in [-0.15, -0.1) is 0 Å². The molecule has 0 aliphatic rings. The summed E-state index contributed by atoms with van der Waals surface area (Å²) in [6.07, 6.45) is 3.02. The first-order valence-corrected chi connectivity index (χ1v) is 12.3. The van der Waals surface area contributed by atoms with E-state index in [0.29, 0.717) is 17.1 Å². The summed E-state index contributed by atoms with van der Waals surface area (Å²) >= 11 is 0. The number of benzene rings is 3. The summed E-state index contributed by atoms with van der Waals surface area (Å²) in [4.78, 5) is 38.5. The van der Waals surface area contributed by atoms with Crippen molar-refractivity contribution in [3.05, 3.63) is 102 Å². The van der Waals surface area contributed by atoms with Crippen LogP contribution in [0.25, 0.3) is 6.08 Å². The highest BCUT2D eigenvalue weighted by molar-refractivity contribution is 6.38. The van der Waals surface area contributed by atoms with Crippen LogP contribution < -0.4 is 20.1 Å². The van der Waals surface area contributed by atoms with E-state index in [1.807, 2.05) is 60.7 Å². The molecule has 0 bridgehead atoms. The van der Waals surface area contributed by atoms with Gasteiger partial charge in [-0.3, -0.25) is 14.4 Å². The van der Waals surface area contributed by atoms with Crippen molar-refractivity contribution >= 4 is 23.7 Å².